The maximum Gasteiger partial charge on any atom is 0.164 e. The van der Waals surface area contributed by atoms with Crippen LogP contribution in [0.5, 0.6) is 11.5 Å². The second kappa shape index (κ2) is 5.92. The highest BCUT2D eigenvalue weighted by Crippen LogP contribution is 2.37. The maximum absolute atomic E-state index is 9.60. The van der Waals surface area contributed by atoms with Gasteiger partial charge in [-0.05, 0) is 24.5 Å². The molecule has 0 fully saturated rings. The highest BCUT2D eigenvalue weighted by molar-refractivity contribution is 5.52. The second-order valence-electron chi connectivity index (χ2n) is 4.58. The average Bonchev–Trinajstić information content (AvgIpc) is 2.27. The van der Waals surface area contributed by atoms with Crippen LogP contribution in [0.1, 0.15) is 37.8 Å². The van der Waals surface area contributed by atoms with E-state index in [1.807, 2.05) is 12.1 Å². The Labute approximate surface area is 103 Å². The first-order valence-electron chi connectivity index (χ1n) is 5.93. The van der Waals surface area contributed by atoms with Gasteiger partial charge in [-0.2, -0.15) is 0 Å². The van der Waals surface area contributed by atoms with Gasteiger partial charge in [0.1, 0.15) is 0 Å². The SMILES string of the molecule is COc1ccc(C(C)C)c(CC(C)O)c1OC. The molecule has 0 saturated heterocycles. The fourth-order valence-electron chi connectivity index (χ4n) is 2.05. The van der Waals surface area contributed by atoms with Crippen LogP contribution in [0.15, 0.2) is 12.1 Å². The van der Waals surface area contributed by atoms with Gasteiger partial charge in [-0.3, -0.25) is 0 Å². The predicted octanol–water partition coefficient (Wildman–Crippen LogP) is 2.75. The number of ether oxygens (including phenoxy) is 2. The molecular formula is C14H22O3. The third-order valence-corrected chi connectivity index (χ3v) is 2.81. The number of aliphatic hydroxyl groups is 1. The van der Waals surface area contributed by atoms with Crippen molar-refractivity contribution in [3.63, 3.8) is 0 Å². The van der Waals surface area contributed by atoms with Gasteiger partial charge >= 0.3 is 0 Å². The van der Waals surface area contributed by atoms with E-state index >= 15 is 0 Å². The van der Waals surface area contributed by atoms with Crippen molar-refractivity contribution in [3.8, 4) is 11.5 Å². The van der Waals surface area contributed by atoms with Crippen molar-refractivity contribution in [2.45, 2.75) is 39.2 Å². The highest BCUT2D eigenvalue weighted by atomic mass is 16.5. The molecule has 96 valence electrons. The van der Waals surface area contributed by atoms with Crippen LogP contribution in [-0.2, 0) is 6.42 Å². The van der Waals surface area contributed by atoms with Crippen LogP contribution in [0, 0.1) is 0 Å². The molecule has 0 aliphatic heterocycles. The zero-order valence-corrected chi connectivity index (χ0v) is 11.3. The minimum Gasteiger partial charge on any atom is -0.493 e. The first-order valence-corrected chi connectivity index (χ1v) is 5.93. The number of aliphatic hydroxyl groups excluding tert-OH is 1. The lowest BCUT2D eigenvalue weighted by Crippen LogP contribution is -2.10. The van der Waals surface area contributed by atoms with Gasteiger partial charge in [0.05, 0.1) is 20.3 Å². The van der Waals surface area contributed by atoms with Gasteiger partial charge in [-0.25, -0.2) is 0 Å². The van der Waals surface area contributed by atoms with Crippen molar-refractivity contribution in [2.24, 2.45) is 0 Å². The van der Waals surface area contributed by atoms with Crippen LogP contribution >= 0.6 is 0 Å². The number of benzene rings is 1. The molecule has 1 N–H and O–H groups in total. The van der Waals surface area contributed by atoms with Crippen LogP contribution in [0.4, 0.5) is 0 Å². The molecule has 17 heavy (non-hydrogen) atoms. The van der Waals surface area contributed by atoms with Crippen LogP contribution in [-0.4, -0.2) is 25.4 Å². The van der Waals surface area contributed by atoms with Crippen LogP contribution < -0.4 is 9.47 Å². The lowest BCUT2D eigenvalue weighted by Gasteiger charge is -2.19. The number of rotatable bonds is 5. The Bertz CT molecular complexity index is 370. The minimum absolute atomic E-state index is 0.392. The van der Waals surface area contributed by atoms with Crippen molar-refractivity contribution in [1.82, 2.24) is 0 Å². The third-order valence-electron chi connectivity index (χ3n) is 2.81. The van der Waals surface area contributed by atoms with Crippen molar-refractivity contribution in [1.29, 1.82) is 0 Å². The quantitative estimate of drug-likeness (QED) is 0.857. The van der Waals surface area contributed by atoms with E-state index in [4.69, 9.17) is 9.47 Å². The van der Waals surface area contributed by atoms with E-state index in [1.54, 1.807) is 21.1 Å². The summed E-state index contributed by atoms with van der Waals surface area (Å²) < 4.78 is 10.7. The molecule has 0 aromatic heterocycles. The molecule has 1 rings (SSSR count). The van der Waals surface area contributed by atoms with E-state index in [9.17, 15) is 5.11 Å². The van der Waals surface area contributed by atoms with Crippen molar-refractivity contribution >= 4 is 0 Å². The zero-order valence-electron chi connectivity index (χ0n) is 11.3. The summed E-state index contributed by atoms with van der Waals surface area (Å²) in [6.07, 6.45) is 0.182. The van der Waals surface area contributed by atoms with Crippen molar-refractivity contribution in [2.75, 3.05) is 14.2 Å². The van der Waals surface area contributed by atoms with E-state index in [-0.39, 0.29) is 0 Å². The van der Waals surface area contributed by atoms with E-state index in [1.165, 1.54) is 5.56 Å². The summed E-state index contributed by atoms with van der Waals surface area (Å²) in [6.45, 7) is 6.04. The van der Waals surface area contributed by atoms with Gasteiger partial charge in [-0.15, -0.1) is 0 Å². The fraction of sp³-hybridized carbons (Fsp3) is 0.571. The first-order chi connectivity index (χ1) is 8.01. The normalized spacial score (nSPS) is 12.6. The van der Waals surface area contributed by atoms with Crippen LogP contribution in [0.2, 0.25) is 0 Å². The van der Waals surface area contributed by atoms with Gasteiger partial charge < -0.3 is 14.6 Å². The highest BCUT2D eigenvalue weighted by Gasteiger charge is 2.17. The van der Waals surface area contributed by atoms with Crippen LogP contribution in [0.25, 0.3) is 0 Å². The Balaban J connectivity index is 3.33. The summed E-state index contributed by atoms with van der Waals surface area (Å²) in [5, 5.41) is 9.60. The van der Waals surface area contributed by atoms with E-state index in [0.29, 0.717) is 18.1 Å². The van der Waals surface area contributed by atoms with E-state index < -0.39 is 6.10 Å². The zero-order chi connectivity index (χ0) is 13.0. The number of hydrogen-bond acceptors (Lipinski definition) is 3. The lowest BCUT2D eigenvalue weighted by molar-refractivity contribution is 0.193. The Morgan fingerprint density at radius 2 is 1.76 bits per heavy atom. The number of hydrogen-bond donors (Lipinski definition) is 1. The summed E-state index contributed by atoms with van der Waals surface area (Å²) in [4.78, 5) is 0. The van der Waals surface area contributed by atoms with Gasteiger partial charge in [0, 0.05) is 12.0 Å². The van der Waals surface area contributed by atoms with Gasteiger partial charge in [0.15, 0.2) is 11.5 Å². The monoisotopic (exact) mass is 238 g/mol. The maximum atomic E-state index is 9.60. The molecule has 0 spiro atoms. The largest absolute Gasteiger partial charge is 0.493 e. The minimum atomic E-state index is -0.395. The lowest BCUT2D eigenvalue weighted by atomic mass is 9.93. The molecule has 1 atom stereocenters. The third kappa shape index (κ3) is 3.13. The average molecular weight is 238 g/mol. The van der Waals surface area contributed by atoms with Crippen molar-refractivity contribution < 1.29 is 14.6 Å². The molecule has 1 aromatic carbocycles. The topological polar surface area (TPSA) is 38.7 Å². The molecule has 0 radical (unpaired) electrons. The number of methoxy groups -OCH3 is 2. The summed E-state index contributed by atoms with van der Waals surface area (Å²) >= 11 is 0. The molecule has 0 amide bonds. The van der Waals surface area contributed by atoms with E-state index in [2.05, 4.69) is 13.8 Å². The predicted molar refractivity (Wildman–Crippen MR) is 69.0 cm³/mol. The molecule has 3 heteroatoms. The molecule has 0 heterocycles. The molecule has 0 saturated carbocycles. The summed E-state index contributed by atoms with van der Waals surface area (Å²) in [5.41, 5.74) is 2.24. The summed E-state index contributed by atoms with van der Waals surface area (Å²) in [5.74, 6) is 1.84. The molecule has 1 aromatic rings. The first kappa shape index (κ1) is 13.8. The molecule has 0 bridgehead atoms. The van der Waals surface area contributed by atoms with E-state index in [0.717, 1.165) is 11.3 Å². The Hall–Kier alpha value is -1.22. The second-order valence-corrected chi connectivity index (χ2v) is 4.58. The fourth-order valence-corrected chi connectivity index (χ4v) is 2.05. The molecular weight excluding hydrogens is 216 g/mol. The smallest absolute Gasteiger partial charge is 0.164 e. The van der Waals surface area contributed by atoms with Gasteiger partial charge in [0.2, 0.25) is 0 Å². The summed E-state index contributed by atoms with van der Waals surface area (Å²) in [6, 6.07) is 3.96. The van der Waals surface area contributed by atoms with Crippen molar-refractivity contribution in [3.05, 3.63) is 23.3 Å². The molecule has 0 aliphatic rings. The molecule has 0 aliphatic carbocycles. The van der Waals surface area contributed by atoms with Crippen LogP contribution in [0.3, 0.4) is 0 Å². The summed E-state index contributed by atoms with van der Waals surface area (Å²) in [7, 11) is 3.26. The van der Waals surface area contributed by atoms with Gasteiger partial charge in [0.25, 0.3) is 0 Å². The Kier molecular flexibility index (Phi) is 4.82. The standard InChI is InChI=1S/C14H22O3/c1-9(2)11-6-7-13(16-4)14(17-5)12(11)8-10(3)15/h6-7,9-10,15H,8H2,1-5H3. The molecule has 1 unspecified atom stereocenters. The molecule has 3 nitrogen and oxygen atoms in total. The van der Waals surface area contributed by atoms with Gasteiger partial charge in [-0.1, -0.05) is 19.9 Å². The Morgan fingerprint density at radius 3 is 2.18 bits per heavy atom. The Morgan fingerprint density at radius 1 is 1.12 bits per heavy atom.